The van der Waals surface area contributed by atoms with E-state index in [0.717, 1.165) is 16.6 Å². The molecule has 9 heteroatoms. The summed E-state index contributed by atoms with van der Waals surface area (Å²) in [6.07, 6.45) is 3.77. The van der Waals surface area contributed by atoms with Crippen molar-refractivity contribution in [2.24, 2.45) is 18.5 Å². The fourth-order valence-corrected chi connectivity index (χ4v) is 2.82. The van der Waals surface area contributed by atoms with Crippen molar-refractivity contribution >= 4 is 40.0 Å². The number of fused-ring (bicyclic) bond motifs is 1. The second-order valence-electron chi connectivity index (χ2n) is 6.11. The Kier molecular flexibility index (Phi) is 4.93. The molecule has 2 heterocycles. The molecular weight excluding hydrogens is 346 g/mol. The molecular formula is C18H21N7O2. The highest BCUT2D eigenvalue weighted by Crippen LogP contribution is 2.27. The number of nitrogens with zero attached hydrogens (tertiary/aromatic N) is 3. The van der Waals surface area contributed by atoms with Gasteiger partial charge in [-0.15, -0.1) is 0 Å². The summed E-state index contributed by atoms with van der Waals surface area (Å²) in [6, 6.07) is 7.11. The van der Waals surface area contributed by atoms with Gasteiger partial charge in [0.2, 0.25) is 5.91 Å². The number of nitrogens with one attached hydrogen (secondary N) is 2. The van der Waals surface area contributed by atoms with Crippen LogP contribution in [0.25, 0.3) is 10.9 Å². The lowest BCUT2D eigenvalue weighted by atomic mass is 10.2. The number of hydrogen-bond acceptors (Lipinski definition) is 6. The Hall–Kier alpha value is -3.62. The maximum atomic E-state index is 11.8. The van der Waals surface area contributed by atoms with Gasteiger partial charge < -0.3 is 26.7 Å². The molecule has 0 aliphatic heterocycles. The maximum Gasteiger partial charge on any atom is 0.271 e. The van der Waals surface area contributed by atoms with Gasteiger partial charge in [0.1, 0.15) is 11.9 Å². The highest BCUT2D eigenvalue weighted by Gasteiger charge is 2.18. The first-order valence-electron chi connectivity index (χ1n) is 8.44. The molecule has 140 valence electrons. The summed E-state index contributed by atoms with van der Waals surface area (Å²) in [7, 11) is 1.94. The molecule has 1 unspecified atom stereocenters. The molecule has 0 fully saturated rings. The zero-order chi connectivity index (χ0) is 19.6. The molecule has 27 heavy (non-hydrogen) atoms. The maximum absolute atomic E-state index is 11.8. The van der Waals surface area contributed by atoms with Gasteiger partial charge in [-0.05, 0) is 24.6 Å². The molecule has 1 aromatic carbocycles. The van der Waals surface area contributed by atoms with E-state index in [-0.39, 0.29) is 11.5 Å². The normalized spacial score (nSPS) is 11.9. The Bertz CT molecular complexity index is 1010. The Morgan fingerprint density at radius 2 is 2.04 bits per heavy atom. The van der Waals surface area contributed by atoms with Crippen molar-refractivity contribution in [3.63, 3.8) is 0 Å². The summed E-state index contributed by atoms with van der Waals surface area (Å²) in [6.45, 7) is 1.82. The zero-order valence-electron chi connectivity index (χ0n) is 15.1. The largest absolute Gasteiger partial charge is 0.368 e. The highest BCUT2D eigenvalue weighted by atomic mass is 16.1. The van der Waals surface area contributed by atoms with Crippen molar-refractivity contribution < 1.29 is 9.59 Å². The second kappa shape index (κ2) is 7.32. The third-order valence-electron chi connectivity index (χ3n) is 4.26. The highest BCUT2D eigenvalue weighted by molar-refractivity contribution is 5.99. The lowest BCUT2D eigenvalue weighted by Gasteiger charge is -2.16. The summed E-state index contributed by atoms with van der Waals surface area (Å²) < 4.78 is 1.98. The van der Waals surface area contributed by atoms with E-state index in [9.17, 15) is 9.59 Å². The molecule has 9 nitrogen and oxygen atoms in total. The number of carbonyl (C=O) groups excluding carboxylic acids is 2. The molecule has 2 aromatic heterocycles. The van der Waals surface area contributed by atoms with Gasteiger partial charge in [-0.25, -0.2) is 9.97 Å². The average molecular weight is 367 g/mol. The van der Waals surface area contributed by atoms with E-state index in [4.69, 9.17) is 11.5 Å². The number of primary amides is 2. The quantitative estimate of drug-likeness (QED) is 0.498. The van der Waals surface area contributed by atoms with Gasteiger partial charge in [-0.2, -0.15) is 0 Å². The summed E-state index contributed by atoms with van der Waals surface area (Å²) in [5.41, 5.74) is 12.6. The summed E-state index contributed by atoms with van der Waals surface area (Å²) in [4.78, 5) is 31.7. The third kappa shape index (κ3) is 3.66. The molecule has 0 radical (unpaired) electrons. The molecule has 3 aromatic rings. The minimum absolute atomic E-state index is 0.000563. The van der Waals surface area contributed by atoms with Crippen LogP contribution in [0.5, 0.6) is 0 Å². The van der Waals surface area contributed by atoms with Gasteiger partial charge in [0.05, 0.1) is 6.20 Å². The zero-order valence-corrected chi connectivity index (χ0v) is 15.1. The van der Waals surface area contributed by atoms with Crippen LogP contribution < -0.4 is 22.1 Å². The van der Waals surface area contributed by atoms with Gasteiger partial charge in [-0.3, -0.25) is 9.59 Å². The lowest BCUT2D eigenvalue weighted by Crippen LogP contribution is -2.35. The number of anilines is 3. The van der Waals surface area contributed by atoms with Crippen LogP contribution in [-0.2, 0) is 11.8 Å². The molecule has 0 saturated carbocycles. The van der Waals surface area contributed by atoms with Crippen molar-refractivity contribution in [2.75, 3.05) is 10.6 Å². The van der Waals surface area contributed by atoms with Crippen molar-refractivity contribution in [3.8, 4) is 0 Å². The van der Waals surface area contributed by atoms with Crippen LogP contribution in [-0.4, -0.2) is 32.4 Å². The topological polar surface area (TPSA) is 141 Å². The van der Waals surface area contributed by atoms with Crippen molar-refractivity contribution in [2.45, 2.75) is 19.4 Å². The predicted octanol–water partition coefficient (Wildman–Crippen LogP) is 1.49. The van der Waals surface area contributed by atoms with E-state index in [0.29, 0.717) is 12.2 Å². The Morgan fingerprint density at radius 1 is 1.26 bits per heavy atom. The fraction of sp³-hybridized carbons (Fsp3) is 0.222. The molecule has 3 rings (SSSR count). The fourth-order valence-electron chi connectivity index (χ4n) is 2.82. The van der Waals surface area contributed by atoms with Crippen LogP contribution in [0.1, 0.15) is 23.8 Å². The van der Waals surface area contributed by atoms with Gasteiger partial charge >= 0.3 is 0 Å². The number of carbonyl (C=O) groups is 2. The van der Waals surface area contributed by atoms with Gasteiger partial charge in [-0.1, -0.05) is 13.0 Å². The number of aromatic nitrogens is 3. The number of benzene rings is 1. The van der Waals surface area contributed by atoms with E-state index in [1.165, 1.54) is 6.20 Å². The Balaban J connectivity index is 2.00. The summed E-state index contributed by atoms with van der Waals surface area (Å²) in [5, 5.41) is 7.00. The smallest absolute Gasteiger partial charge is 0.271 e. The molecule has 0 bridgehead atoms. The number of rotatable bonds is 7. The van der Waals surface area contributed by atoms with Gasteiger partial charge in [0.25, 0.3) is 5.91 Å². The summed E-state index contributed by atoms with van der Waals surface area (Å²) >= 11 is 0. The van der Waals surface area contributed by atoms with E-state index < -0.39 is 17.9 Å². The van der Waals surface area contributed by atoms with Crippen LogP contribution in [0.3, 0.4) is 0 Å². The molecule has 1 atom stereocenters. The first kappa shape index (κ1) is 18.2. The Labute approximate surface area is 155 Å². The van der Waals surface area contributed by atoms with Crippen LogP contribution in [0.15, 0.2) is 36.7 Å². The van der Waals surface area contributed by atoms with Crippen molar-refractivity contribution in [3.05, 3.63) is 42.4 Å². The number of aryl methyl sites for hydroxylation is 1. The molecule has 0 saturated heterocycles. The second-order valence-corrected chi connectivity index (χ2v) is 6.11. The molecule has 6 N–H and O–H groups in total. The minimum Gasteiger partial charge on any atom is -0.368 e. The van der Waals surface area contributed by atoms with Gasteiger partial charge in [0.15, 0.2) is 11.5 Å². The van der Waals surface area contributed by atoms with Crippen LogP contribution in [0, 0.1) is 0 Å². The first-order chi connectivity index (χ1) is 12.9. The number of nitrogens with two attached hydrogens (primary N) is 2. The van der Waals surface area contributed by atoms with Gasteiger partial charge in [0, 0.05) is 29.8 Å². The van der Waals surface area contributed by atoms with Crippen LogP contribution in [0.2, 0.25) is 0 Å². The molecule has 0 aliphatic carbocycles. The van der Waals surface area contributed by atoms with Crippen molar-refractivity contribution in [1.29, 1.82) is 0 Å². The van der Waals surface area contributed by atoms with Crippen LogP contribution in [0.4, 0.5) is 17.3 Å². The number of hydrogen-bond donors (Lipinski definition) is 4. The van der Waals surface area contributed by atoms with E-state index >= 15 is 0 Å². The predicted molar refractivity (Wildman–Crippen MR) is 104 cm³/mol. The average Bonchev–Trinajstić information content (AvgIpc) is 3.01. The molecule has 0 aliphatic rings. The van der Waals surface area contributed by atoms with Crippen LogP contribution >= 0.6 is 0 Å². The minimum atomic E-state index is -0.710. The summed E-state index contributed by atoms with van der Waals surface area (Å²) in [5.74, 6) is -0.697. The Morgan fingerprint density at radius 3 is 2.70 bits per heavy atom. The first-order valence-corrected chi connectivity index (χ1v) is 8.44. The molecule has 0 spiro atoms. The van der Waals surface area contributed by atoms with E-state index in [1.54, 1.807) is 0 Å². The number of amides is 2. The lowest BCUT2D eigenvalue weighted by molar-refractivity contribution is -0.118. The standard InChI is InChI=1S/C18H21N7O2/c1-3-11(16(19)26)22-14-9-21-15(17(20)27)18(24-14)23-12-5-4-6-13-10(12)7-8-25(13)2/h4-9,11H,3H2,1-2H3,(H2,19,26)(H2,20,27)(H2,22,23,24). The SMILES string of the molecule is CCC(Nc1cnc(C(N)=O)c(Nc2cccc3c2ccn3C)n1)C(N)=O. The van der Waals surface area contributed by atoms with E-state index in [2.05, 4.69) is 20.6 Å². The third-order valence-corrected chi connectivity index (χ3v) is 4.26. The monoisotopic (exact) mass is 367 g/mol. The van der Waals surface area contributed by atoms with E-state index in [1.807, 2.05) is 49.0 Å². The molecule has 2 amide bonds. The van der Waals surface area contributed by atoms with Crippen molar-refractivity contribution in [1.82, 2.24) is 14.5 Å².